The Hall–Kier alpha value is -3.25. The summed E-state index contributed by atoms with van der Waals surface area (Å²) < 4.78 is 5.29. The van der Waals surface area contributed by atoms with Gasteiger partial charge in [-0.1, -0.05) is 36.0 Å². The zero-order valence-corrected chi connectivity index (χ0v) is 15.9. The van der Waals surface area contributed by atoms with E-state index < -0.39 is 5.97 Å². The summed E-state index contributed by atoms with van der Waals surface area (Å²) >= 11 is 1.47. The minimum Gasteiger partial charge on any atom is -0.497 e. The Labute approximate surface area is 166 Å². The average molecular weight is 391 g/mol. The minimum atomic E-state index is -1.05. The highest BCUT2D eigenvalue weighted by Crippen LogP contribution is 2.42. The standard InChI is InChI=1S/C22H17NO4S/c1-27-16-6-4-5-14(11-16)13-23-18-7-2-3-8-20(18)28-19-10-9-15(22(25)26)12-17(19)21(23)24/h2-12H,13H2,1H3,(H,25,26). The van der Waals surface area contributed by atoms with E-state index in [0.717, 1.165) is 26.8 Å². The van der Waals surface area contributed by atoms with Crippen molar-refractivity contribution in [3.05, 3.63) is 83.4 Å². The second kappa shape index (κ2) is 7.40. The number of aromatic carboxylic acids is 1. The highest BCUT2D eigenvalue weighted by molar-refractivity contribution is 7.99. The number of para-hydroxylation sites is 1. The van der Waals surface area contributed by atoms with Crippen LogP contribution in [0.5, 0.6) is 5.75 Å². The van der Waals surface area contributed by atoms with Gasteiger partial charge in [-0.15, -0.1) is 0 Å². The second-order valence-corrected chi connectivity index (χ2v) is 7.41. The van der Waals surface area contributed by atoms with Crippen LogP contribution >= 0.6 is 11.8 Å². The van der Waals surface area contributed by atoms with Gasteiger partial charge in [0.1, 0.15) is 5.75 Å². The molecule has 140 valence electrons. The van der Waals surface area contributed by atoms with Crippen molar-refractivity contribution >= 4 is 29.3 Å². The van der Waals surface area contributed by atoms with Crippen molar-refractivity contribution in [1.82, 2.24) is 0 Å². The molecule has 1 amide bonds. The first-order valence-electron chi connectivity index (χ1n) is 8.66. The fourth-order valence-electron chi connectivity index (χ4n) is 3.17. The molecule has 1 N–H and O–H groups in total. The molecule has 0 radical (unpaired) electrons. The van der Waals surface area contributed by atoms with Gasteiger partial charge in [-0.05, 0) is 48.0 Å². The van der Waals surface area contributed by atoms with Crippen LogP contribution in [0.25, 0.3) is 0 Å². The molecule has 0 spiro atoms. The molecule has 0 bridgehead atoms. The Morgan fingerprint density at radius 3 is 2.64 bits per heavy atom. The normalized spacial score (nSPS) is 12.8. The van der Waals surface area contributed by atoms with Gasteiger partial charge in [-0.25, -0.2) is 4.79 Å². The van der Waals surface area contributed by atoms with E-state index in [4.69, 9.17) is 4.74 Å². The number of methoxy groups -OCH3 is 1. The molecule has 1 aliphatic rings. The number of ether oxygens (including phenoxy) is 1. The molecule has 28 heavy (non-hydrogen) atoms. The van der Waals surface area contributed by atoms with E-state index in [2.05, 4.69) is 0 Å². The Balaban J connectivity index is 1.82. The Bertz CT molecular complexity index is 1080. The molecule has 0 aromatic heterocycles. The molecule has 6 heteroatoms. The topological polar surface area (TPSA) is 66.8 Å². The van der Waals surface area contributed by atoms with Gasteiger partial charge in [-0.3, -0.25) is 4.79 Å². The van der Waals surface area contributed by atoms with E-state index in [1.807, 2.05) is 48.5 Å². The fourth-order valence-corrected chi connectivity index (χ4v) is 4.23. The molecular formula is C22H17NO4S. The van der Waals surface area contributed by atoms with Gasteiger partial charge in [0.05, 0.1) is 30.5 Å². The number of carbonyl (C=O) groups excluding carboxylic acids is 1. The summed E-state index contributed by atoms with van der Waals surface area (Å²) in [7, 11) is 1.60. The first-order chi connectivity index (χ1) is 13.6. The van der Waals surface area contributed by atoms with Crippen molar-refractivity contribution in [2.75, 3.05) is 12.0 Å². The number of hydrogen-bond donors (Lipinski definition) is 1. The van der Waals surface area contributed by atoms with Crippen LogP contribution in [-0.2, 0) is 6.54 Å². The number of carboxylic acids is 1. The smallest absolute Gasteiger partial charge is 0.335 e. The number of hydrogen-bond acceptors (Lipinski definition) is 4. The Morgan fingerprint density at radius 2 is 1.86 bits per heavy atom. The minimum absolute atomic E-state index is 0.0972. The highest BCUT2D eigenvalue weighted by atomic mass is 32.2. The number of carboxylic acid groups (broad SMARTS) is 1. The van der Waals surface area contributed by atoms with Crippen molar-refractivity contribution in [3.63, 3.8) is 0 Å². The third-order valence-corrected chi connectivity index (χ3v) is 5.69. The van der Waals surface area contributed by atoms with Gasteiger partial charge in [0, 0.05) is 9.79 Å². The first-order valence-corrected chi connectivity index (χ1v) is 9.47. The van der Waals surface area contributed by atoms with E-state index in [0.29, 0.717) is 12.1 Å². The van der Waals surface area contributed by atoms with Crippen LogP contribution in [0.3, 0.4) is 0 Å². The number of benzene rings is 3. The molecule has 0 unspecified atom stereocenters. The number of amides is 1. The fraction of sp³-hybridized carbons (Fsp3) is 0.0909. The molecular weight excluding hydrogens is 374 g/mol. The van der Waals surface area contributed by atoms with Crippen LogP contribution in [0.4, 0.5) is 5.69 Å². The van der Waals surface area contributed by atoms with Crippen molar-refractivity contribution in [3.8, 4) is 5.75 Å². The van der Waals surface area contributed by atoms with E-state index in [9.17, 15) is 14.7 Å². The van der Waals surface area contributed by atoms with Crippen LogP contribution in [0.15, 0.2) is 76.5 Å². The SMILES string of the molecule is COc1cccc(CN2C(=O)c3cc(C(=O)O)ccc3Sc3ccccc32)c1. The van der Waals surface area contributed by atoms with Crippen LogP contribution in [-0.4, -0.2) is 24.1 Å². The zero-order valence-electron chi connectivity index (χ0n) is 15.1. The molecule has 5 nitrogen and oxygen atoms in total. The number of nitrogens with zero attached hydrogens (tertiary/aromatic N) is 1. The van der Waals surface area contributed by atoms with Gasteiger partial charge in [0.2, 0.25) is 0 Å². The summed E-state index contributed by atoms with van der Waals surface area (Å²) in [6.07, 6.45) is 0. The maximum absolute atomic E-state index is 13.4. The van der Waals surface area contributed by atoms with Gasteiger partial charge < -0.3 is 14.7 Å². The lowest BCUT2D eigenvalue weighted by molar-refractivity contribution is 0.0697. The van der Waals surface area contributed by atoms with Crippen molar-refractivity contribution in [2.45, 2.75) is 16.3 Å². The monoisotopic (exact) mass is 391 g/mol. The summed E-state index contributed by atoms with van der Waals surface area (Å²) in [6.45, 7) is 0.352. The van der Waals surface area contributed by atoms with Gasteiger partial charge in [0.15, 0.2) is 0 Å². The number of anilines is 1. The predicted molar refractivity (Wildman–Crippen MR) is 107 cm³/mol. The molecule has 0 saturated carbocycles. The van der Waals surface area contributed by atoms with Crippen molar-refractivity contribution in [1.29, 1.82) is 0 Å². The van der Waals surface area contributed by atoms with Crippen LogP contribution < -0.4 is 9.64 Å². The number of carbonyl (C=O) groups is 2. The molecule has 0 aliphatic carbocycles. The van der Waals surface area contributed by atoms with Gasteiger partial charge in [0.25, 0.3) is 5.91 Å². The quantitative estimate of drug-likeness (QED) is 0.698. The predicted octanol–water partition coefficient (Wildman–Crippen LogP) is 4.71. The lowest BCUT2D eigenvalue weighted by Gasteiger charge is -2.23. The Kier molecular flexibility index (Phi) is 4.79. The van der Waals surface area contributed by atoms with E-state index in [1.54, 1.807) is 18.1 Å². The van der Waals surface area contributed by atoms with Gasteiger partial charge in [-0.2, -0.15) is 0 Å². The van der Waals surface area contributed by atoms with Crippen LogP contribution in [0.2, 0.25) is 0 Å². The van der Waals surface area contributed by atoms with Crippen molar-refractivity contribution < 1.29 is 19.4 Å². The molecule has 3 aromatic rings. The summed E-state index contributed by atoms with van der Waals surface area (Å²) in [5.74, 6) is -0.559. The van der Waals surface area contributed by atoms with E-state index in [-0.39, 0.29) is 11.5 Å². The number of rotatable bonds is 4. The summed E-state index contributed by atoms with van der Waals surface area (Å²) in [5, 5.41) is 9.33. The Morgan fingerprint density at radius 1 is 1.04 bits per heavy atom. The largest absolute Gasteiger partial charge is 0.497 e. The summed E-state index contributed by atoms with van der Waals surface area (Å²) in [6, 6.07) is 19.9. The molecule has 0 fully saturated rings. The number of fused-ring (bicyclic) bond motifs is 2. The maximum Gasteiger partial charge on any atom is 0.335 e. The molecule has 3 aromatic carbocycles. The lowest BCUT2D eigenvalue weighted by Crippen LogP contribution is -2.30. The van der Waals surface area contributed by atoms with Crippen LogP contribution in [0.1, 0.15) is 26.3 Å². The molecule has 1 aliphatic heterocycles. The maximum atomic E-state index is 13.4. The van der Waals surface area contributed by atoms with Gasteiger partial charge >= 0.3 is 5.97 Å². The van der Waals surface area contributed by atoms with Crippen molar-refractivity contribution in [2.24, 2.45) is 0 Å². The third kappa shape index (κ3) is 3.34. The van der Waals surface area contributed by atoms with E-state index in [1.165, 1.54) is 23.9 Å². The summed E-state index contributed by atoms with van der Waals surface area (Å²) in [4.78, 5) is 28.2. The molecule has 4 rings (SSSR count). The summed E-state index contributed by atoms with van der Waals surface area (Å²) in [5.41, 5.74) is 2.21. The third-order valence-electron chi connectivity index (χ3n) is 4.55. The second-order valence-electron chi connectivity index (χ2n) is 6.33. The molecule has 0 saturated heterocycles. The lowest BCUT2D eigenvalue weighted by atomic mass is 10.1. The highest BCUT2D eigenvalue weighted by Gasteiger charge is 2.28. The molecule has 0 atom stereocenters. The first kappa shape index (κ1) is 18.1. The average Bonchev–Trinajstić information content (AvgIpc) is 2.83. The molecule has 1 heterocycles. The zero-order chi connectivity index (χ0) is 19.7. The van der Waals surface area contributed by atoms with Crippen LogP contribution in [0, 0.1) is 0 Å². The van der Waals surface area contributed by atoms with E-state index >= 15 is 0 Å².